The molecule has 2 rings (SSSR count). The molecule has 1 N–H and O–H groups in total. The van der Waals surface area contributed by atoms with Gasteiger partial charge in [0.15, 0.2) is 0 Å². The van der Waals surface area contributed by atoms with E-state index in [4.69, 9.17) is 4.74 Å². The average Bonchev–Trinajstić information content (AvgIpc) is 2.50. The smallest absolute Gasteiger partial charge is 0.227 e. The number of amides is 2. The number of benzene rings is 1. The van der Waals surface area contributed by atoms with Crippen LogP contribution < -0.4 is 15.0 Å². The van der Waals surface area contributed by atoms with Crippen molar-refractivity contribution >= 4 is 17.5 Å². The van der Waals surface area contributed by atoms with Gasteiger partial charge in [-0.3, -0.25) is 9.59 Å². The Labute approximate surface area is 131 Å². The van der Waals surface area contributed by atoms with E-state index in [-0.39, 0.29) is 30.8 Å². The SMILES string of the molecule is CCCNC(=O)CCC(=O)N1CC(C)Oc2ccc(C)cc21. The van der Waals surface area contributed by atoms with E-state index in [1.807, 2.05) is 39.0 Å². The Kier molecular flexibility index (Phi) is 5.41. The molecule has 0 bridgehead atoms. The highest BCUT2D eigenvalue weighted by molar-refractivity contribution is 5.97. The number of ether oxygens (including phenoxy) is 1. The second-order valence-electron chi connectivity index (χ2n) is 5.75. The summed E-state index contributed by atoms with van der Waals surface area (Å²) in [5.74, 6) is 0.628. The molecule has 5 nitrogen and oxygen atoms in total. The summed E-state index contributed by atoms with van der Waals surface area (Å²) < 4.78 is 5.77. The van der Waals surface area contributed by atoms with Crippen LogP contribution in [0.2, 0.25) is 0 Å². The molecule has 1 heterocycles. The zero-order chi connectivity index (χ0) is 16.1. The van der Waals surface area contributed by atoms with Gasteiger partial charge in [0.05, 0.1) is 12.2 Å². The van der Waals surface area contributed by atoms with Crippen LogP contribution in [-0.4, -0.2) is 31.0 Å². The van der Waals surface area contributed by atoms with Crippen molar-refractivity contribution in [2.24, 2.45) is 0 Å². The molecule has 0 aromatic heterocycles. The number of nitrogens with zero attached hydrogens (tertiary/aromatic N) is 1. The van der Waals surface area contributed by atoms with Crippen molar-refractivity contribution in [2.45, 2.75) is 46.1 Å². The molecule has 1 atom stereocenters. The van der Waals surface area contributed by atoms with Crippen LogP contribution in [0, 0.1) is 6.92 Å². The molecule has 0 fully saturated rings. The number of rotatable bonds is 5. The summed E-state index contributed by atoms with van der Waals surface area (Å²) in [6.07, 6.45) is 1.29. The van der Waals surface area contributed by atoms with Gasteiger partial charge in [-0.2, -0.15) is 0 Å². The number of fused-ring (bicyclic) bond motifs is 1. The number of carbonyl (C=O) groups is 2. The third kappa shape index (κ3) is 4.00. The standard InChI is InChI=1S/C17H24N2O3/c1-4-9-18-16(20)7-8-17(21)19-11-13(3)22-15-6-5-12(2)10-14(15)19/h5-6,10,13H,4,7-9,11H2,1-3H3,(H,18,20). The number of hydrogen-bond acceptors (Lipinski definition) is 3. The second-order valence-corrected chi connectivity index (χ2v) is 5.75. The molecule has 2 amide bonds. The van der Waals surface area contributed by atoms with Crippen LogP contribution in [0.15, 0.2) is 18.2 Å². The number of anilines is 1. The van der Waals surface area contributed by atoms with Crippen LogP contribution in [0.25, 0.3) is 0 Å². The Bertz CT molecular complexity index is 557. The van der Waals surface area contributed by atoms with Crippen LogP contribution in [0.3, 0.4) is 0 Å². The molecule has 1 aliphatic rings. The molecule has 120 valence electrons. The van der Waals surface area contributed by atoms with Gasteiger partial charge in [0, 0.05) is 19.4 Å². The molecule has 0 saturated carbocycles. The Morgan fingerprint density at radius 2 is 2.14 bits per heavy atom. The summed E-state index contributed by atoms with van der Waals surface area (Å²) in [6.45, 7) is 7.10. The van der Waals surface area contributed by atoms with E-state index in [2.05, 4.69) is 5.32 Å². The van der Waals surface area contributed by atoms with E-state index in [1.54, 1.807) is 4.90 Å². The first-order chi connectivity index (χ1) is 10.5. The van der Waals surface area contributed by atoms with Crippen molar-refractivity contribution < 1.29 is 14.3 Å². The average molecular weight is 304 g/mol. The van der Waals surface area contributed by atoms with Crippen LogP contribution in [-0.2, 0) is 9.59 Å². The fourth-order valence-electron chi connectivity index (χ4n) is 2.49. The minimum absolute atomic E-state index is 0.0337. The Hall–Kier alpha value is -2.04. The molecule has 0 radical (unpaired) electrons. The number of carbonyl (C=O) groups excluding carboxylic acids is 2. The predicted molar refractivity (Wildman–Crippen MR) is 86.2 cm³/mol. The Morgan fingerprint density at radius 3 is 2.86 bits per heavy atom. The Balaban J connectivity index is 2.04. The summed E-state index contributed by atoms with van der Waals surface area (Å²) in [6, 6.07) is 5.82. The van der Waals surface area contributed by atoms with Gasteiger partial charge in [-0.25, -0.2) is 0 Å². The van der Waals surface area contributed by atoms with Crippen molar-refractivity contribution in [3.63, 3.8) is 0 Å². The quantitative estimate of drug-likeness (QED) is 0.909. The van der Waals surface area contributed by atoms with Crippen LogP contribution >= 0.6 is 0 Å². The molecule has 0 aliphatic carbocycles. The van der Waals surface area contributed by atoms with Gasteiger partial charge in [-0.15, -0.1) is 0 Å². The van der Waals surface area contributed by atoms with Crippen molar-refractivity contribution in [3.8, 4) is 5.75 Å². The minimum atomic E-state index is -0.0685. The molecule has 1 aliphatic heterocycles. The zero-order valence-electron chi connectivity index (χ0n) is 13.5. The lowest BCUT2D eigenvalue weighted by Gasteiger charge is -2.33. The van der Waals surface area contributed by atoms with Gasteiger partial charge in [-0.05, 0) is 38.0 Å². The van der Waals surface area contributed by atoms with Gasteiger partial charge in [0.25, 0.3) is 0 Å². The molecule has 0 saturated heterocycles. The molecule has 1 aromatic rings. The molecular formula is C17H24N2O3. The predicted octanol–water partition coefficient (Wildman–Crippen LogP) is 2.42. The molecule has 1 unspecified atom stereocenters. The van der Waals surface area contributed by atoms with Crippen molar-refractivity contribution in [3.05, 3.63) is 23.8 Å². The lowest BCUT2D eigenvalue weighted by Crippen LogP contribution is -2.42. The molecule has 22 heavy (non-hydrogen) atoms. The summed E-state index contributed by atoms with van der Waals surface area (Å²) in [4.78, 5) is 25.9. The lowest BCUT2D eigenvalue weighted by molar-refractivity contribution is -0.125. The first-order valence-electron chi connectivity index (χ1n) is 7.85. The highest BCUT2D eigenvalue weighted by atomic mass is 16.5. The maximum absolute atomic E-state index is 12.5. The number of nitrogens with one attached hydrogen (secondary N) is 1. The minimum Gasteiger partial charge on any atom is -0.487 e. The van der Waals surface area contributed by atoms with Gasteiger partial charge >= 0.3 is 0 Å². The van der Waals surface area contributed by atoms with E-state index in [1.165, 1.54) is 0 Å². The monoisotopic (exact) mass is 304 g/mol. The third-order valence-corrected chi connectivity index (χ3v) is 3.61. The molecule has 5 heteroatoms. The van der Waals surface area contributed by atoms with Crippen molar-refractivity contribution in [2.75, 3.05) is 18.0 Å². The van der Waals surface area contributed by atoms with Gasteiger partial charge in [-0.1, -0.05) is 13.0 Å². The number of hydrogen-bond donors (Lipinski definition) is 1. The van der Waals surface area contributed by atoms with E-state index >= 15 is 0 Å². The van der Waals surface area contributed by atoms with E-state index in [0.29, 0.717) is 13.1 Å². The second kappa shape index (κ2) is 7.29. The van der Waals surface area contributed by atoms with Crippen LogP contribution in [0.5, 0.6) is 5.75 Å². The van der Waals surface area contributed by atoms with Crippen molar-refractivity contribution in [1.82, 2.24) is 5.32 Å². The maximum Gasteiger partial charge on any atom is 0.227 e. The number of aryl methyl sites for hydroxylation is 1. The van der Waals surface area contributed by atoms with E-state index in [9.17, 15) is 9.59 Å². The van der Waals surface area contributed by atoms with E-state index in [0.717, 1.165) is 23.4 Å². The highest BCUT2D eigenvalue weighted by Crippen LogP contribution is 2.34. The normalized spacial score (nSPS) is 16.7. The lowest BCUT2D eigenvalue weighted by atomic mass is 10.1. The van der Waals surface area contributed by atoms with Crippen LogP contribution in [0.1, 0.15) is 38.7 Å². The summed E-state index contributed by atoms with van der Waals surface area (Å²) in [7, 11) is 0. The summed E-state index contributed by atoms with van der Waals surface area (Å²) >= 11 is 0. The molecule has 1 aromatic carbocycles. The molecule has 0 spiro atoms. The van der Waals surface area contributed by atoms with Gasteiger partial charge < -0.3 is 15.0 Å². The summed E-state index contributed by atoms with van der Waals surface area (Å²) in [5.41, 5.74) is 1.88. The zero-order valence-corrected chi connectivity index (χ0v) is 13.5. The van der Waals surface area contributed by atoms with Crippen molar-refractivity contribution in [1.29, 1.82) is 0 Å². The van der Waals surface area contributed by atoms with Gasteiger partial charge in [0.2, 0.25) is 11.8 Å². The van der Waals surface area contributed by atoms with Crippen LogP contribution in [0.4, 0.5) is 5.69 Å². The maximum atomic E-state index is 12.5. The first-order valence-corrected chi connectivity index (χ1v) is 7.85. The topological polar surface area (TPSA) is 58.6 Å². The highest BCUT2D eigenvalue weighted by Gasteiger charge is 2.27. The van der Waals surface area contributed by atoms with Gasteiger partial charge in [0.1, 0.15) is 11.9 Å². The Morgan fingerprint density at radius 1 is 1.36 bits per heavy atom. The fraction of sp³-hybridized carbons (Fsp3) is 0.529. The first kappa shape index (κ1) is 16.3. The fourth-order valence-corrected chi connectivity index (χ4v) is 2.49. The summed E-state index contributed by atoms with van der Waals surface area (Å²) in [5, 5.41) is 2.79. The molecular weight excluding hydrogens is 280 g/mol. The largest absolute Gasteiger partial charge is 0.487 e. The third-order valence-electron chi connectivity index (χ3n) is 3.61. The van der Waals surface area contributed by atoms with E-state index < -0.39 is 0 Å².